The van der Waals surface area contributed by atoms with Gasteiger partial charge in [-0.25, -0.2) is 13.2 Å². The van der Waals surface area contributed by atoms with Crippen LogP contribution in [0.1, 0.15) is 42.1 Å². The highest BCUT2D eigenvalue weighted by molar-refractivity contribution is 7.91. The fraction of sp³-hybridized carbons (Fsp3) is 0.667. The molecule has 0 spiro atoms. The van der Waals surface area contributed by atoms with Gasteiger partial charge < -0.3 is 14.3 Å². The van der Waals surface area contributed by atoms with Crippen LogP contribution < -0.4 is 0 Å². The van der Waals surface area contributed by atoms with Crippen molar-refractivity contribution in [2.75, 3.05) is 31.8 Å². The van der Waals surface area contributed by atoms with Crippen LogP contribution in [0.15, 0.2) is 16.5 Å². The Morgan fingerprint density at radius 1 is 1.52 bits per heavy atom. The lowest BCUT2D eigenvalue weighted by atomic mass is 10.1. The van der Waals surface area contributed by atoms with E-state index in [-0.39, 0.29) is 29.3 Å². The van der Waals surface area contributed by atoms with Crippen LogP contribution in [0.4, 0.5) is 0 Å². The van der Waals surface area contributed by atoms with E-state index in [2.05, 4.69) is 4.90 Å². The minimum Gasteiger partial charge on any atom is -0.475 e. The van der Waals surface area contributed by atoms with Crippen LogP contribution in [0.3, 0.4) is 0 Å². The number of aromatic carboxylic acids is 1. The summed E-state index contributed by atoms with van der Waals surface area (Å²) in [4.78, 5) is 13.0. The maximum atomic E-state index is 11.8. The Morgan fingerprint density at radius 2 is 2.26 bits per heavy atom. The van der Waals surface area contributed by atoms with Crippen molar-refractivity contribution >= 4 is 15.8 Å². The first-order valence-electron chi connectivity index (χ1n) is 7.62. The van der Waals surface area contributed by atoms with Crippen molar-refractivity contribution in [1.82, 2.24) is 4.90 Å². The van der Waals surface area contributed by atoms with Gasteiger partial charge in [0, 0.05) is 26.3 Å². The molecule has 8 heteroatoms. The Hall–Kier alpha value is -1.38. The molecule has 1 fully saturated rings. The van der Waals surface area contributed by atoms with Crippen LogP contribution in [0.25, 0.3) is 0 Å². The molecular weight excluding hydrogens is 322 g/mol. The molecule has 130 valence electrons. The highest BCUT2D eigenvalue weighted by atomic mass is 32.2. The molecule has 0 amide bonds. The lowest BCUT2D eigenvalue weighted by Crippen LogP contribution is -2.39. The molecule has 1 aliphatic heterocycles. The summed E-state index contributed by atoms with van der Waals surface area (Å²) >= 11 is 0. The van der Waals surface area contributed by atoms with E-state index in [1.54, 1.807) is 13.2 Å². The number of carboxylic acid groups (broad SMARTS) is 1. The molecular formula is C15H23NO6S. The average Bonchev–Trinajstić information content (AvgIpc) is 3.10. The first kappa shape index (κ1) is 18.0. The fourth-order valence-electron chi connectivity index (χ4n) is 2.98. The molecule has 2 atom stereocenters. The number of rotatable bonds is 8. The summed E-state index contributed by atoms with van der Waals surface area (Å²) in [5.74, 6) is -0.356. The van der Waals surface area contributed by atoms with Gasteiger partial charge in [-0.3, -0.25) is 4.90 Å². The monoisotopic (exact) mass is 345 g/mol. The number of sulfone groups is 1. The number of carbonyl (C=O) groups is 1. The molecule has 23 heavy (non-hydrogen) atoms. The van der Waals surface area contributed by atoms with E-state index in [9.17, 15) is 13.2 Å². The molecule has 1 aromatic heterocycles. The summed E-state index contributed by atoms with van der Waals surface area (Å²) in [5, 5.41) is 8.97. The SMILES string of the molecule is COCCCN(C1CCS(=O)(=O)C1)C(C)c1ccc(C(=O)O)o1. The van der Waals surface area contributed by atoms with E-state index < -0.39 is 15.8 Å². The summed E-state index contributed by atoms with van der Waals surface area (Å²) in [5.41, 5.74) is 0. The summed E-state index contributed by atoms with van der Waals surface area (Å²) in [6, 6.07) is 2.79. The third-order valence-electron chi connectivity index (χ3n) is 4.19. The second-order valence-corrected chi connectivity index (χ2v) is 8.05. The molecule has 1 N–H and O–H groups in total. The van der Waals surface area contributed by atoms with Gasteiger partial charge in [0.25, 0.3) is 0 Å². The predicted molar refractivity (Wildman–Crippen MR) is 84.3 cm³/mol. The Balaban J connectivity index is 2.15. The van der Waals surface area contributed by atoms with Crippen molar-refractivity contribution < 1.29 is 27.5 Å². The van der Waals surface area contributed by atoms with Gasteiger partial charge in [0.15, 0.2) is 9.84 Å². The molecule has 0 aliphatic carbocycles. The number of nitrogens with zero attached hydrogens (tertiary/aromatic N) is 1. The standard InChI is InChI=1S/C15H23NO6S/c1-11(13-4-5-14(22-13)15(17)18)16(7-3-8-21-2)12-6-9-23(19,20)10-12/h4-5,11-12H,3,6-10H2,1-2H3,(H,17,18). The largest absolute Gasteiger partial charge is 0.475 e. The maximum absolute atomic E-state index is 11.8. The third-order valence-corrected chi connectivity index (χ3v) is 5.94. The molecule has 2 rings (SSSR count). The van der Waals surface area contributed by atoms with Crippen molar-refractivity contribution in [1.29, 1.82) is 0 Å². The summed E-state index contributed by atoms with van der Waals surface area (Å²) in [6.07, 6.45) is 1.36. The molecule has 7 nitrogen and oxygen atoms in total. The van der Waals surface area contributed by atoms with Crippen LogP contribution in [0, 0.1) is 0 Å². The Kier molecular flexibility index (Phi) is 5.83. The zero-order chi connectivity index (χ0) is 17.0. The number of carboxylic acids is 1. The average molecular weight is 345 g/mol. The molecule has 1 aromatic rings. The van der Waals surface area contributed by atoms with E-state index in [4.69, 9.17) is 14.3 Å². The molecule has 1 saturated heterocycles. The number of hydrogen-bond donors (Lipinski definition) is 1. The molecule has 0 bridgehead atoms. The van der Waals surface area contributed by atoms with Gasteiger partial charge in [-0.15, -0.1) is 0 Å². The van der Waals surface area contributed by atoms with Gasteiger partial charge in [-0.1, -0.05) is 0 Å². The summed E-state index contributed by atoms with van der Waals surface area (Å²) < 4.78 is 34.0. The lowest BCUT2D eigenvalue weighted by molar-refractivity contribution is 0.0651. The molecule has 0 aromatic carbocycles. The number of methoxy groups -OCH3 is 1. The van der Waals surface area contributed by atoms with Crippen molar-refractivity contribution in [3.05, 3.63) is 23.7 Å². The highest BCUT2D eigenvalue weighted by Crippen LogP contribution is 2.29. The molecule has 2 heterocycles. The minimum atomic E-state index is -2.99. The Labute approximate surface area is 136 Å². The second kappa shape index (κ2) is 7.46. The zero-order valence-corrected chi connectivity index (χ0v) is 14.2. The van der Waals surface area contributed by atoms with Crippen molar-refractivity contribution in [2.45, 2.75) is 31.8 Å². The quantitative estimate of drug-likeness (QED) is 0.714. The van der Waals surface area contributed by atoms with Crippen molar-refractivity contribution in [2.24, 2.45) is 0 Å². The van der Waals surface area contributed by atoms with Crippen LogP contribution in [-0.4, -0.2) is 62.2 Å². The van der Waals surface area contributed by atoms with Crippen LogP contribution in [-0.2, 0) is 14.6 Å². The summed E-state index contributed by atoms with van der Waals surface area (Å²) in [6.45, 7) is 3.15. The van der Waals surface area contributed by atoms with Gasteiger partial charge in [0.05, 0.1) is 17.5 Å². The minimum absolute atomic E-state index is 0.0785. The van der Waals surface area contributed by atoms with E-state index in [0.29, 0.717) is 25.3 Å². The number of furan rings is 1. The first-order valence-corrected chi connectivity index (χ1v) is 9.44. The fourth-order valence-corrected chi connectivity index (χ4v) is 4.72. The van der Waals surface area contributed by atoms with Gasteiger partial charge in [-0.2, -0.15) is 0 Å². The van der Waals surface area contributed by atoms with Gasteiger partial charge in [-0.05, 0) is 31.9 Å². The molecule has 2 unspecified atom stereocenters. The van der Waals surface area contributed by atoms with Crippen LogP contribution >= 0.6 is 0 Å². The van der Waals surface area contributed by atoms with Gasteiger partial charge in [0.1, 0.15) is 5.76 Å². The molecule has 1 aliphatic rings. The lowest BCUT2D eigenvalue weighted by Gasteiger charge is -2.32. The Bertz CT molecular complexity index is 638. The highest BCUT2D eigenvalue weighted by Gasteiger charge is 2.35. The first-order chi connectivity index (χ1) is 10.8. The van der Waals surface area contributed by atoms with Crippen LogP contribution in [0.5, 0.6) is 0 Å². The van der Waals surface area contributed by atoms with Crippen molar-refractivity contribution in [3.63, 3.8) is 0 Å². The zero-order valence-electron chi connectivity index (χ0n) is 13.4. The van der Waals surface area contributed by atoms with Crippen molar-refractivity contribution in [3.8, 4) is 0 Å². The predicted octanol–water partition coefficient (Wildman–Crippen LogP) is 1.56. The number of ether oxygens (including phenoxy) is 1. The van der Waals surface area contributed by atoms with Gasteiger partial charge in [0.2, 0.25) is 5.76 Å². The molecule has 0 radical (unpaired) electrons. The van der Waals surface area contributed by atoms with E-state index in [0.717, 1.165) is 6.42 Å². The van der Waals surface area contributed by atoms with Gasteiger partial charge >= 0.3 is 5.97 Å². The topological polar surface area (TPSA) is 97.0 Å². The smallest absolute Gasteiger partial charge is 0.371 e. The van der Waals surface area contributed by atoms with Crippen LogP contribution in [0.2, 0.25) is 0 Å². The Morgan fingerprint density at radius 3 is 2.78 bits per heavy atom. The van der Waals surface area contributed by atoms with E-state index in [1.165, 1.54) is 6.07 Å². The molecule has 0 saturated carbocycles. The second-order valence-electron chi connectivity index (χ2n) is 5.82. The maximum Gasteiger partial charge on any atom is 0.371 e. The number of hydrogen-bond acceptors (Lipinski definition) is 6. The summed E-state index contributed by atoms with van der Waals surface area (Å²) in [7, 11) is -1.37. The third kappa shape index (κ3) is 4.55. The van der Waals surface area contributed by atoms with E-state index in [1.807, 2.05) is 6.92 Å². The van der Waals surface area contributed by atoms with E-state index >= 15 is 0 Å². The normalized spacial score (nSPS) is 21.6.